The van der Waals surface area contributed by atoms with Crippen molar-refractivity contribution in [1.82, 2.24) is 14.7 Å². The first-order valence-corrected chi connectivity index (χ1v) is 11.2. The van der Waals surface area contributed by atoms with Gasteiger partial charge in [-0.3, -0.25) is 0 Å². The molecule has 0 bridgehead atoms. The van der Waals surface area contributed by atoms with Crippen LogP contribution in [0.25, 0.3) is 10.8 Å². The molecule has 2 aromatic carbocycles. The van der Waals surface area contributed by atoms with Gasteiger partial charge in [0.05, 0.1) is 0 Å². The van der Waals surface area contributed by atoms with Crippen molar-refractivity contribution in [2.45, 2.75) is 41.5 Å². The molecule has 9 nitrogen and oxygen atoms in total. The normalized spacial score (nSPS) is 8.88. The molecule has 0 radical (unpaired) electrons. The van der Waals surface area contributed by atoms with Crippen molar-refractivity contribution >= 4 is 29.1 Å². The second kappa shape index (κ2) is 22.3. The molecule has 2 aromatic rings. The van der Waals surface area contributed by atoms with E-state index in [2.05, 4.69) is 42.5 Å². The second-order valence-corrected chi connectivity index (χ2v) is 6.52. The van der Waals surface area contributed by atoms with Crippen LogP contribution in [0.3, 0.4) is 0 Å². The summed E-state index contributed by atoms with van der Waals surface area (Å²) in [6.45, 7) is 14.4. The van der Waals surface area contributed by atoms with E-state index in [1.807, 2.05) is 41.5 Å². The Morgan fingerprint density at radius 3 is 1.21 bits per heavy atom. The summed E-state index contributed by atoms with van der Waals surface area (Å²) in [5.41, 5.74) is 0. The van der Waals surface area contributed by atoms with Gasteiger partial charge in [-0.2, -0.15) is 17.5 Å². The Morgan fingerprint density at radius 1 is 0.647 bits per heavy atom. The van der Waals surface area contributed by atoms with Gasteiger partial charge in [0.15, 0.2) is 0 Å². The van der Waals surface area contributed by atoms with Crippen LogP contribution in [0.15, 0.2) is 42.5 Å². The smallest absolute Gasteiger partial charge is 0.407 e. The van der Waals surface area contributed by atoms with Gasteiger partial charge < -0.3 is 30.0 Å². The van der Waals surface area contributed by atoms with Gasteiger partial charge in [0, 0.05) is 65.5 Å². The monoisotopic (exact) mass is 556 g/mol. The van der Waals surface area contributed by atoms with Crippen LogP contribution in [0.2, 0.25) is 0 Å². The van der Waals surface area contributed by atoms with Gasteiger partial charge in [-0.05, 0) is 41.5 Å². The minimum absolute atomic E-state index is 0. The number of carboxylic acid groups (broad SMARTS) is 3. The largest absolute Gasteiger partial charge is 0.465 e. The van der Waals surface area contributed by atoms with Crippen LogP contribution in [-0.2, 0) is 26.2 Å². The molecule has 0 unspecified atom stereocenters. The minimum atomic E-state index is -0.838. The Balaban J connectivity index is -0.000000374. The molecule has 0 heterocycles. The molecule has 0 spiro atoms. The average molecular weight is 558 g/mol. The third kappa shape index (κ3) is 16.2. The number of carbonyl (C=O) groups is 3. The molecule has 0 atom stereocenters. The van der Waals surface area contributed by atoms with E-state index < -0.39 is 18.3 Å². The fraction of sp³-hybridized carbons (Fsp3) is 0.500. The second-order valence-electron chi connectivity index (χ2n) is 6.52. The quantitative estimate of drug-likeness (QED) is 0.399. The van der Waals surface area contributed by atoms with Crippen LogP contribution in [0.1, 0.15) is 41.5 Å². The predicted molar refractivity (Wildman–Crippen MR) is 132 cm³/mol. The first-order valence-electron chi connectivity index (χ1n) is 11.2. The number of fused-ring (bicyclic) bond motifs is 1. The zero-order chi connectivity index (χ0) is 25.8. The van der Waals surface area contributed by atoms with E-state index in [0.717, 1.165) is 0 Å². The molecule has 0 fully saturated rings. The Bertz CT molecular complexity index is 705. The molecule has 0 saturated heterocycles. The van der Waals surface area contributed by atoms with Crippen molar-refractivity contribution in [3.8, 4) is 0 Å². The van der Waals surface area contributed by atoms with Crippen LogP contribution < -0.4 is 0 Å². The van der Waals surface area contributed by atoms with Crippen molar-refractivity contribution in [2.24, 2.45) is 0 Å². The number of benzene rings is 1. The standard InChI is InChI=1S/C9H7.3C5H11NO2.Zr/c1-2-5-9-7-3-6-8(9)4-1;3*1-3-6(4-2)5(7)8;/h1-7H;3*3-4H2,1-2H3,(H,7,8);/q-1;;;;. The number of nitrogens with zero attached hydrogens (tertiary/aromatic N) is 3. The Labute approximate surface area is 222 Å². The van der Waals surface area contributed by atoms with Crippen LogP contribution >= 0.6 is 0 Å². The maximum atomic E-state index is 10.1. The summed E-state index contributed by atoms with van der Waals surface area (Å²) in [7, 11) is 0. The SMILES string of the molecule is CCN(CC)C(=O)O.CCN(CC)C(=O)O.CCN(CC)C(=O)O.[Zr].c1ccc2[cH-]ccc2c1. The van der Waals surface area contributed by atoms with Gasteiger partial charge in [-0.1, -0.05) is 6.07 Å². The van der Waals surface area contributed by atoms with E-state index in [-0.39, 0.29) is 26.2 Å². The molecule has 3 N–H and O–H groups in total. The molecule has 0 aromatic heterocycles. The topological polar surface area (TPSA) is 122 Å². The number of hydrogen-bond donors (Lipinski definition) is 3. The van der Waals surface area contributed by atoms with Crippen molar-refractivity contribution in [3.05, 3.63) is 42.5 Å². The van der Waals surface area contributed by atoms with E-state index in [9.17, 15) is 14.4 Å². The molecular formula is C24H40N3O6Zr-. The van der Waals surface area contributed by atoms with Gasteiger partial charge >= 0.3 is 18.3 Å². The fourth-order valence-electron chi connectivity index (χ4n) is 2.55. The molecule has 10 heteroatoms. The molecule has 192 valence electrons. The maximum Gasteiger partial charge on any atom is 0.407 e. The van der Waals surface area contributed by atoms with Crippen LogP contribution in [0, 0.1) is 0 Å². The molecule has 0 aliphatic rings. The third-order valence-electron chi connectivity index (χ3n) is 4.65. The summed E-state index contributed by atoms with van der Waals surface area (Å²) in [4.78, 5) is 34.3. The number of rotatable bonds is 6. The summed E-state index contributed by atoms with van der Waals surface area (Å²) in [5, 5.41) is 27.6. The first-order chi connectivity index (χ1) is 15.6. The minimum Gasteiger partial charge on any atom is -0.465 e. The summed E-state index contributed by atoms with van der Waals surface area (Å²) >= 11 is 0. The molecular weight excluding hydrogens is 518 g/mol. The van der Waals surface area contributed by atoms with Crippen molar-refractivity contribution in [3.63, 3.8) is 0 Å². The Kier molecular flexibility index (Phi) is 23.7. The Morgan fingerprint density at radius 2 is 0.971 bits per heavy atom. The molecule has 0 saturated carbocycles. The predicted octanol–water partition coefficient (Wildman–Crippen LogP) is 5.57. The van der Waals surface area contributed by atoms with Crippen LogP contribution in [-0.4, -0.2) is 87.6 Å². The number of amides is 3. The van der Waals surface area contributed by atoms with Crippen LogP contribution in [0.5, 0.6) is 0 Å². The van der Waals surface area contributed by atoms with E-state index in [1.165, 1.54) is 25.5 Å². The van der Waals surface area contributed by atoms with Crippen molar-refractivity contribution in [2.75, 3.05) is 39.3 Å². The third-order valence-corrected chi connectivity index (χ3v) is 4.65. The van der Waals surface area contributed by atoms with Gasteiger partial charge in [-0.15, -0.1) is 29.7 Å². The summed E-state index contributed by atoms with van der Waals surface area (Å²) < 4.78 is 0. The van der Waals surface area contributed by atoms with Gasteiger partial charge in [0.2, 0.25) is 0 Å². The summed E-state index contributed by atoms with van der Waals surface area (Å²) in [5.74, 6) is 0. The zero-order valence-electron chi connectivity index (χ0n) is 21.2. The average Bonchev–Trinajstić information content (AvgIpc) is 3.26. The molecule has 34 heavy (non-hydrogen) atoms. The van der Waals surface area contributed by atoms with Gasteiger partial charge in [0.1, 0.15) is 0 Å². The van der Waals surface area contributed by atoms with Crippen LogP contribution in [0.4, 0.5) is 14.4 Å². The summed E-state index contributed by atoms with van der Waals surface area (Å²) in [6.07, 6.45) is -2.51. The van der Waals surface area contributed by atoms with E-state index in [0.29, 0.717) is 39.3 Å². The van der Waals surface area contributed by atoms with Crippen molar-refractivity contribution < 1.29 is 55.9 Å². The Hall–Kier alpha value is -2.48. The van der Waals surface area contributed by atoms with E-state index in [1.54, 1.807) is 0 Å². The first kappa shape index (κ1) is 36.1. The molecule has 0 aliphatic heterocycles. The molecule has 3 amide bonds. The van der Waals surface area contributed by atoms with E-state index in [4.69, 9.17) is 15.3 Å². The van der Waals surface area contributed by atoms with Gasteiger partial charge in [-0.25, -0.2) is 14.4 Å². The fourth-order valence-corrected chi connectivity index (χ4v) is 2.55. The van der Waals surface area contributed by atoms with Crippen molar-refractivity contribution in [1.29, 1.82) is 0 Å². The zero-order valence-corrected chi connectivity index (χ0v) is 23.7. The number of hydrogen-bond acceptors (Lipinski definition) is 3. The van der Waals surface area contributed by atoms with E-state index >= 15 is 0 Å². The van der Waals surface area contributed by atoms with Gasteiger partial charge in [0.25, 0.3) is 0 Å². The molecule has 0 aliphatic carbocycles. The maximum absolute atomic E-state index is 10.1. The molecule has 2 rings (SSSR count). The summed E-state index contributed by atoms with van der Waals surface area (Å²) in [6, 6.07) is 14.7.